The van der Waals surface area contributed by atoms with Gasteiger partial charge in [-0.05, 0) is 33.4 Å². The van der Waals surface area contributed by atoms with E-state index in [0.29, 0.717) is 13.2 Å². The molecule has 0 spiro atoms. The Hall–Kier alpha value is -5.38. The molecule has 10 atom stereocenters. The largest absolute Gasteiger partial charge is 0.374 e. The van der Waals surface area contributed by atoms with Crippen molar-refractivity contribution in [2.24, 2.45) is 0 Å². The number of aliphatic hydroxyl groups is 1. The Morgan fingerprint density at radius 2 is 0.706 bits per heavy atom. The molecule has 0 saturated carbocycles. The number of benzene rings is 6. The molecule has 6 aromatic rings. The molecule has 0 aliphatic carbocycles. The van der Waals surface area contributed by atoms with Gasteiger partial charge in [0.25, 0.3) is 0 Å². The predicted molar refractivity (Wildman–Crippen MR) is 257 cm³/mol. The lowest BCUT2D eigenvalue weighted by Crippen LogP contribution is -2.63. The van der Waals surface area contributed by atoms with Crippen molar-refractivity contribution in [1.29, 1.82) is 0 Å². The van der Waals surface area contributed by atoms with Gasteiger partial charge in [0, 0.05) is 0 Å². The molecule has 2 aliphatic heterocycles. The van der Waals surface area contributed by atoms with Crippen molar-refractivity contribution in [2.45, 2.75) is 101 Å². The number of hydrogen-bond acceptors (Lipinski definition) is 11. The van der Waals surface area contributed by atoms with E-state index in [1.54, 1.807) is 6.08 Å². The summed E-state index contributed by atoms with van der Waals surface area (Å²) in [5.74, 6) is 0. The van der Waals surface area contributed by atoms with E-state index in [9.17, 15) is 5.11 Å². The Kier molecular flexibility index (Phi) is 19.0. The Labute approximate surface area is 400 Å². The minimum absolute atomic E-state index is 0.0934. The van der Waals surface area contributed by atoms with Crippen molar-refractivity contribution < 1.29 is 52.5 Å². The molecule has 0 radical (unpaired) electrons. The van der Waals surface area contributed by atoms with Crippen LogP contribution in [0.3, 0.4) is 0 Å². The van der Waals surface area contributed by atoms with Crippen molar-refractivity contribution >= 4 is 0 Å². The van der Waals surface area contributed by atoms with Crippen LogP contribution in [0.5, 0.6) is 0 Å². The van der Waals surface area contributed by atoms with Crippen LogP contribution in [0.4, 0.5) is 0 Å². The molecule has 0 aromatic heterocycles. The average molecular weight is 923 g/mol. The lowest BCUT2D eigenvalue weighted by Gasteiger charge is -2.47. The molecule has 0 bridgehead atoms. The Balaban J connectivity index is 1.10. The van der Waals surface area contributed by atoms with Crippen molar-refractivity contribution in [3.8, 4) is 0 Å². The van der Waals surface area contributed by atoms with Gasteiger partial charge >= 0.3 is 0 Å². The third-order valence-electron chi connectivity index (χ3n) is 11.9. The molecule has 0 amide bonds. The Morgan fingerprint density at radius 3 is 1.13 bits per heavy atom. The molecule has 356 valence electrons. The predicted octanol–water partition coefficient (Wildman–Crippen LogP) is 9.16. The maximum Gasteiger partial charge on any atom is 0.187 e. The van der Waals surface area contributed by atoms with E-state index in [4.69, 9.17) is 47.4 Å². The molecule has 2 saturated heterocycles. The van der Waals surface area contributed by atoms with Gasteiger partial charge in [-0.1, -0.05) is 188 Å². The molecule has 2 heterocycles. The zero-order valence-corrected chi connectivity index (χ0v) is 38.3. The van der Waals surface area contributed by atoms with E-state index in [2.05, 4.69) is 6.58 Å². The summed E-state index contributed by atoms with van der Waals surface area (Å²) >= 11 is 0. The molecule has 1 N–H and O–H groups in total. The SMILES string of the molecule is C=CCO[C@H]1[C@H](OCc2ccccc2)[C@@H](OCc2ccccc2)[C@@H](O)O[C@@H]1CO[C@@H]1O[C@H](COCc2ccccc2)[C@@H](OCc2ccccc2)[C@H](OCc2ccccc2)[C@H]1OCc1ccccc1. The van der Waals surface area contributed by atoms with Crippen LogP contribution in [0, 0.1) is 0 Å². The summed E-state index contributed by atoms with van der Waals surface area (Å²) in [5, 5.41) is 11.8. The van der Waals surface area contributed by atoms with Gasteiger partial charge in [-0.2, -0.15) is 0 Å². The molecule has 8 rings (SSSR count). The zero-order valence-electron chi connectivity index (χ0n) is 38.3. The molecule has 6 aromatic carbocycles. The van der Waals surface area contributed by atoms with Gasteiger partial charge in [-0.15, -0.1) is 6.58 Å². The molecule has 0 unspecified atom stereocenters. The molecule has 11 heteroatoms. The first-order valence-corrected chi connectivity index (χ1v) is 23.3. The summed E-state index contributed by atoms with van der Waals surface area (Å²) < 4.78 is 66.9. The highest BCUT2D eigenvalue weighted by Crippen LogP contribution is 2.34. The minimum atomic E-state index is -1.40. The van der Waals surface area contributed by atoms with Crippen LogP contribution < -0.4 is 0 Å². The molecular weight excluding hydrogens is 861 g/mol. The van der Waals surface area contributed by atoms with E-state index in [-0.39, 0.29) is 46.2 Å². The molecule has 68 heavy (non-hydrogen) atoms. The Morgan fingerprint density at radius 1 is 0.368 bits per heavy atom. The van der Waals surface area contributed by atoms with Crippen LogP contribution in [0.25, 0.3) is 0 Å². The fourth-order valence-electron chi connectivity index (χ4n) is 8.38. The molecule has 2 aliphatic rings. The monoisotopic (exact) mass is 922 g/mol. The summed E-state index contributed by atoms with van der Waals surface area (Å²) in [6.45, 7) is 5.77. The van der Waals surface area contributed by atoms with E-state index in [1.807, 2.05) is 182 Å². The summed E-state index contributed by atoms with van der Waals surface area (Å²) in [7, 11) is 0. The first-order chi connectivity index (χ1) is 33.6. The van der Waals surface area contributed by atoms with Crippen LogP contribution in [-0.2, 0) is 87.0 Å². The number of ether oxygens (including phenoxy) is 10. The highest BCUT2D eigenvalue weighted by molar-refractivity contribution is 5.18. The average Bonchev–Trinajstić information content (AvgIpc) is 3.39. The van der Waals surface area contributed by atoms with Crippen LogP contribution in [-0.4, -0.2) is 86.3 Å². The Bertz CT molecular complexity index is 2290. The maximum atomic E-state index is 11.8. The van der Waals surface area contributed by atoms with Crippen LogP contribution >= 0.6 is 0 Å². The lowest BCUT2D eigenvalue weighted by molar-refractivity contribution is -0.348. The van der Waals surface area contributed by atoms with E-state index >= 15 is 0 Å². The highest BCUT2D eigenvalue weighted by atomic mass is 16.7. The van der Waals surface area contributed by atoms with Gasteiger partial charge in [-0.3, -0.25) is 0 Å². The van der Waals surface area contributed by atoms with Gasteiger partial charge in [-0.25, -0.2) is 0 Å². The highest BCUT2D eigenvalue weighted by Gasteiger charge is 2.52. The fraction of sp³-hybridized carbons (Fsp3) is 0.333. The van der Waals surface area contributed by atoms with Gasteiger partial charge in [0.15, 0.2) is 12.6 Å². The second-order valence-corrected chi connectivity index (χ2v) is 16.8. The van der Waals surface area contributed by atoms with Crippen molar-refractivity contribution in [1.82, 2.24) is 0 Å². The van der Waals surface area contributed by atoms with Crippen molar-refractivity contribution in [2.75, 3.05) is 19.8 Å². The first-order valence-electron chi connectivity index (χ1n) is 23.3. The standard InChI is InChI=1S/C57H62O11/c1-2-33-60-50-49(67-56(58)54(64-38-46-29-17-7-18-30-46)52(50)62-36-44-25-13-5-14-26-44)41-66-57-55(65-39-47-31-19-8-20-32-47)53(63-37-45-27-15-6-16-28-45)51(61-35-43-23-11-4-12-24-43)48(68-57)40-59-34-42-21-9-3-10-22-42/h2-32,48-58H,1,33-41H2/t48-,49-,50-,51-,52+,53+,54-,55-,56+,57-/m1/s1. The van der Waals surface area contributed by atoms with Gasteiger partial charge in [0.1, 0.15) is 48.8 Å². The summed E-state index contributed by atoms with van der Waals surface area (Å²) in [4.78, 5) is 0. The van der Waals surface area contributed by atoms with Gasteiger partial charge in [0.2, 0.25) is 0 Å². The molecule has 11 nitrogen and oxygen atoms in total. The van der Waals surface area contributed by atoms with E-state index in [1.165, 1.54) is 0 Å². The first kappa shape index (κ1) is 49.1. The zero-order chi connectivity index (χ0) is 46.6. The van der Waals surface area contributed by atoms with Crippen LogP contribution in [0.1, 0.15) is 33.4 Å². The maximum absolute atomic E-state index is 11.8. The summed E-state index contributed by atoms with van der Waals surface area (Å²) in [6.07, 6.45) is -6.96. The van der Waals surface area contributed by atoms with Crippen molar-refractivity contribution in [3.63, 3.8) is 0 Å². The second-order valence-electron chi connectivity index (χ2n) is 16.8. The van der Waals surface area contributed by atoms with Crippen LogP contribution in [0.15, 0.2) is 195 Å². The van der Waals surface area contributed by atoms with Crippen LogP contribution in [0.2, 0.25) is 0 Å². The summed E-state index contributed by atoms with van der Waals surface area (Å²) in [6, 6.07) is 59.5. The quantitative estimate of drug-likeness (QED) is 0.0555. The number of hydrogen-bond donors (Lipinski definition) is 1. The van der Waals surface area contributed by atoms with Gasteiger partial charge < -0.3 is 52.5 Å². The normalized spacial score (nSPS) is 24.9. The number of aliphatic hydroxyl groups excluding tert-OH is 1. The fourth-order valence-corrected chi connectivity index (χ4v) is 8.38. The van der Waals surface area contributed by atoms with Crippen molar-refractivity contribution in [3.05, 3.63) is 228 Å². The smallest absolute Gasteiger partial charge is 0.187 e. The lowest BCUT2D eigenvalue weighted by atomic mass is 9.97. The molecule has 2 fully saturated rings. The number of rotatable bonds is 25. The second kappa shape index (κ2) is 26.4. The van der Waals surface area contributed by atoms with Gasteiger partial charge in [0.05, 0.1) is 59.5 Å². The topological polar surface area (TPSA) is 113 Å². The minimum Gasteiger partial charge on any atom is -0.374 e. The third-order valence-corrected chi connectivity index (χ3v) is 11.9. The summed E-state index contributed by atoms with van der Waals surface area (Å²) in [5.41, 5.74) is 5.84. The molecular formula is C57H62O11. The van der Waals surface area contributed by atoms with E-state index in [0.717, 1.165) is 33.4 Å². The third kappa shape index (κ3) is 14.3. The van der Waals surface area contributed by atoms with E-state index < -0.39 is 61.4 Å².